The van der Waals surface area contributed by atoms with Crippen molar-refractivity contribution in [1.29, 1.82) is 0 Å². The lowest BCUT2D eigenvalue weighted by molar-refractivity contribution is -0.385. The molecule has 0 saturated carbocycles. The van der Waals surface area contributed by atoms with Crippen LogP contribution >= 0.6 is 0 Å². The van der Waals surface area contributed by atoms with E-state index in [0.29, 0.717) is 17.7 Å². The van der Waals surface area contributed by atoms with E-state index in [0.717, 1.165) is 5.57 Å². The Morgan fingerprint density at radius 3 is 2.65 bits per heavy atom. The molecule has 5 heteroatoms. The predicted octanol–water partition coefficient (Wildman–Crippen LogP) is 2.21. The first-order valence-corrected chi connectivity index (χ1v) is 5.09. The predicted molar refractivity (Wildman–Crippen MR) is 65.0 cm³/mol. The van der Waals surface area contributed by atoms with E-state index in [1.807, 2.05) is 0 Å². The molecule has 0 radical (unpaired) electrons. The highest BCUT2D eigenvalue weighted by Crippen LogP contribution is 2.18. The number of benzene rings is 1. The molecule has 1 amide bonds. The van der Waals surface area contributed by atoms with Crippen LogP contribution in [0.3, 0.4) is 0 Å². The second-order valence-electron chi connectivity index (χ2n) is 3.90. The smallest absolute Gasteiger partial charge is 0.272 e. The summed E-state index contributed by atoms with van der Waals surface area (Å²) in [6.07, 6.45) is 0. The van der Waals surface area contributed by atoms with E-state index >= 15 is 0 Å². The van der Waals surface area contributed by atoms with Gasteiger partial charge in [-0.05, 0) is 26.0 Å². The van der Waals surface area contributed by atoms with E-state index in [9.17, 15) is 14.9 Å². The molecule has 1 aromatic carbocycles. The normalized spacial score (nSPS) is 9.76. The van der Waals surface area contributed by atoms with Crippen LogP contribution in [0.15, 0.2) is 30.4 Å². The topological polar surface area (TPSA) is 72.2 Å². The van der Waals surface area contributed by atoms with Crippen molar-refractivity contribution in [2.75, 3.05) is 6.54 Å². The van der Waals surface area contributed by atoms with E-state index in [2.05, 4.69) is 11.9 Å². The highest BCUT2D eigenvalue weighted by Gasteiger charge is 2.13. The van der Waals surface area contributed by atoms with Gasteiger partial charge in [0.25, 0.3) is 11.6 Å². The van der Waals surface area contributed by atoms with Crippen molar-refractivity contribution in [3.63, 3.8) is 0 Å². The van der Waals surface area contributed by atoms with Crippen LogP contribution in [0.5, 0.6) is 0 Å². The van der Waals surface area contributed by atoms with Gasteiger partial charge in [-0.25, -0.2) is 0 Å². The van der Waals surface area contributed by atoms with Gasteiger partial charge in [0.1, 0.15) is 0 Å². The molecule has 17 heavy (non-hydrogen) atoms. The fourth-order valence-corrected chi connectivity index (χ4v) is 1.33. The number of rotatable bonds is 4. The first-order chi connectivity index (χ1) is 7.91. The lowest BCUT2D eigenvalue weighted by atomic mass is 10.1. The number of nitrogens with zero attached hydrogens (tertiary/aromatic N) is 1. The number of aryl methyl sites for hydroxylation is 1. The summed E-state index contributed by atoms with van der Waals surface area (Å²) in [7, 11) is 0. The third-order valence-electron chi connectivity index (χ3n) is 2.21. The van der Waals surface area contributed by atoms with Gasteiger partial charge in [-0.3, -0.25) is 14.9 Å². The van der Waals surface area contributed by atoms with Crippen molar-refractivity contribution < 1.29 is 9.72 Å². The number of nitrogens with one attached hydrogen (secondary N) is 1. The van der Waals surface area contributed by atoms with Crippen LogP contribution in [0.4, 0.5) is 5.69 Å². The van der Waals surface area contributed by atoms with Crippen LogP contribution in [-0.4, -0.2) is 17.4 Å². The molecule has 0 saturated heterocycles. The van der Waals surface area contributed by atoms with Gasteiger partial charge >= 0.3 is 0 Å². The van der Waals surface area contributed by atoms with Gasteiger partial charge in [-0.15, -0.1) is 0 Å². The van der Waals surface area contributed by atoms with Crippen LogP contribution in [0.2, 0.25) is 0 Å². The summed E-state index contributed by atoms with van der Waals surface area (Å²) >= 11 is 0. The van der Waals surface area contributed by atoms with Crippen LogP contribution in [0.1, 0.15) is 22.8 Å². The molecule has 0 aromatic heterocycles. The van der Waals surface area contributed by atoms with Gasteiger partial charge < -0.3 is 5.32 Å². The molecule has 0 aliphatic carbocycles. The molecular weight excluding hydrogens is 220 g/mol. The van der Waals surface area contributed by atoms with Crippen LogP contribution in [0, 0.1) is 17.0 Å². The lowest BCUT2D eigenvalue weighted by Gasteiger charge is -2.05. The van der Waals surface area contributed by atoms with Gasteiger partial charge in [0.15, 0.2) is 0 Å². The Bertz CT molecular complexity index is 481. The number of amides is 1. The molecule has 0 unspecified atom stereocenters. The fourth-order valence-electron chi connectivity index (χ4n) is 1.33. The largest absolute Gasteiger partial charge is 0.348 e. The molecule has 1 rings (SSSR count). The van der Waals surface area contributed by atoms with Crippen LogP contribution in [-0.2, 0) is 0 Å². The van der Waals surface area contributed by atoms with Crippen LogP contribution < -0.4 is 5.32 Å². The molecule has 0 aliphatic heterocycles. The van der Waals surface area contributed by atoms with E-state index in [4.69, 9.17) is 0 Å². The summed E-state index contributed by atoms with van der Waals surface area (Å²) in [6.45, 7) is 7.48. The summed E-state index contributed by atoms with van der Waals surface area (Å²) in [5.74, 6) is -0.258. The molecule has 0 bridgehead atoms. The maximum atomic E-state index is 11.7. The van der Waals surface area contributed by atoms with E-state index in [-0.39, 0.29) is 11.6 Å². The zero-order chi connectivity index (χ0) is 13.0. The number of nitro benzene ring substituents is 1. The minimum absolute atomic E-state index is 0.0152. The fraction of sp³-hybridized carbons (Fsp3) is 0.250. The first kappa shape index (κ1) is 12.9. The van der Waals surface area contributed by atoms with E-state index < -0.39 is 4.92 Å². The van der Waals surface area contributed by atoms with Gasteiger partial charge in [0.2, 0.25) is 0 Å². The summed E-state index contributed by atoms with van der Waals surface area (Å²) in [5, 5.41) is 13.3. The number of hydrogen-bond acceptors (Lipinski definition) is 3. The Balaban J connectivity index is 2.86. The second kappa shape index (κ2) is 5.25. The number of nitro groups is 1. The van der Waals surface area contributed by atoms with Crippen molar-refractivity contribution >= 4 is 11.6 Å². The number of carbonyl (C=O) groups excluding carboxylic acids is 1. The maximum Gasteiger partial charge on any atom is 0.272 e. The average Bonchev–Trinajstić information content (AvgIpc) is 2.25. The number of hydrogen-bond donors (Lipinski definition) is 1. The Morgan fingerprint density at radius 2 is 2.18 bits per heavy atom. The van der Waals surface area contributed by atoms with Crippen molar-refractivity contribution in [2.24, 2.45) is 0 Å². The monoisotopic (exact) mass is 234 g/mol. The van der Waals surface area contributed by atoms with Crippen molar-refractivity contribution in [3.8, 4) is 0 Å². The maximum absolute atomic E-state index is 11.7. The summed E-state index contributed by atoms with van der Waals surface area (Å²) in [5.41, 5.74) is 1.74. The minimum Gasteiger partial charge on any atom is -0.348 e. The summed E-state index contributed by atoms with van der Waals surface area (Å²) in [6, 6.07) is 4.29. The quantitative estimate of drug-likeness (QED) is 0.493. The van der Waals surface area contributed by atoms with Crippen molar-refractivity contribution in [2.45, 2.75) is 13.8 Å². The van der Waals surface area contributed by atoms with E-state index in [1.54, 1.807) is 13.8 Å². The van der Waals surface area contributed by atoms with Gasteiger partial charge in [-0.2, -0.15) is 0 Å². The molecule has 0 fully saturated rings. The highest BCUT2D eigenvalue weighted by molar-refractivity contribution is 5.94. The van der Waals surface area contributed by atoms with Crippen molar-refractivity contribution in [3.05, 3.63) is 51.6 Å². The zero-order valence-corrected chi connectivity index (χ0v) is 9.82. The van der Waals surface area contributed by atoms with Gasteiger partial charge in [-0.1, -0.05) is 12.2 Å². The lowest BCUT2D eigenvalue weighted by Crippen LogP contribution is -2.24. The van der Waals surface area contributed by atoms with Gasteiger partial charge in [0.05, 0.1) is 4.92 Å². The van der Waals surface area contributed by atoms with E-state index in [1.165, 1.54) is 18.2 Å². The molecule has 0 spiro atoms. The van der Waals surface area contributed by atoms with Gasteiger partial charge in [0, 0.05) is 23.7 Å². The molecule has 1 aromatic rings. The Labute approximate surface area is 99.3 Å². The Hall–Kier alpha value is -2.17. The Morgan fingerprint density at radius 1 is 1.53 bits per heavy atom. The summed E-state index contributed by atoms with van der Waals surface area (Å²) < 4.78 is 0. The summed E-state index contributed by atoms with van der Waals surface area (Å²) in [4.78, 5) is 21.8. The molecule has 5 nitrogen and oxygen atoms in total. The SMILES string of the molecule is C=C(C)CNC(=O)c1ccc([N+](=O)[O-])c(C)c1. The standard InChI is InChI=1S/C12H14N2O3/c1-8(2)7-13-12(15)10-4-5-11(14(16)17)9(3)6-10/h4-6H,1,7H2,2-3H3,(H,13,15). The molecule has 0 aliphatic rings. The molecule has 0 heterocycles. The second-order valence-corrected chi connectivity index (χ2v) is 3.90. The average molecular weight is 234 g/mol. The van der Waals surface area contributed by atoms with Crippen molar-refractivity contribution in [1.82, 2.24) is 5.32 Å². The van der Waals surface area contributed by atoms with Crippen LogP contribution in [0.25, 0.3) is 0 Å². The zero-order valence-electron chi connectivity index (χ0n) is 9.82. The molecule has 0 atom stereocenters. The minimum atomic E-state index is -0.467. The highest BCUT2D eigenvalue weighted by atomic mass is 16.6. The molecule has 1 N–H and O–H groups in total. The molecular formula is C12H14N2O3. The third-order valence-corrected chi connectivity index (χ3v) is 2.21. The molecule has 90 valence electrons. The number of carbonyl (C=O) groups is 1. The third kappa shape index (κ3) is 3.41. The Kier molecular flexibility index (Phi) is 3.98. The first-order valence-electron chi connectivity index (χ1n) is 5.09.